The molecule has 8 N–H and O–H groups in total. The zero-order chi connectivity index (χ0) is 24.5. The van der Waals surface area contributed by atoms with Crippen molar-refractivity contribution in [2.75, 3.05) is 19.7 Å². The third kappa shape index (κ3) is 12.7. The summed E-state index contributed by atoms with van der Waals surface area (Å²) >= 11 is 0. The molecule has 0 aromatic carbocycles. The zero-order valence-electron chi connectivity index (χ0n) is 19.8. The van der Waals surface area contributed by atoms with Crippen molar-refractivity contribution >= 4 is 11.8 Å². The van der Waals surface area contributed by atoms with E-state index in [2.05, 4.69) is 10.6 Å². The number of rotatable bonds is 18. The fourth-order valence-corrected chi connectivity index (χ4v) is 3.91. The maximum Gasteiger partial charge on any atom is 0.222 e. The molecule has 2 amide bonds. The standard InChI is InChI=1S/C23H45N3O7/c24-14-15-25-18(28)12-10-8-6-4-2-1-3-5-7-9-11-13-19(29)26-23-22(32)21(31)20(30)17(16-27)33-23/h17,20-23,27,30-32H,1-16,24H2,(H,25,28)(H,26,29)/t17-,20-,21+,22-,23-/m1/s1. The number of aliphatic hydroxyl groups is 4. The number of nitrogens with one attached hydrogen (secondary N) is 2. The van der Waals surface area contributed by atoms with Crippen molar-refractivity contribution in [2.45, 2.75) is 114 Å². The van der Waals surface area contributed by atoms with Crippen LogP contribution in [0.5, 0.6) is 0 Å². The topological polar surface area (TPSA) is 174 Å². The van der Waals surface area contributed by atoms with Crippen molar-refractivity contribution in [1.29, 1.82) is 0 Å². The van der Waals surface area contributed by atoms with Crippen LogP contribution in [0.3, 0.4) is 0 Å². The van der Waals surface area contributed by atoms with Gasteiger partial charge in [-0.25, -0.2) is 0 Å². The van der Waals surface area contributed by atoms with Crippen LogP contribution in [0.4, 0.5) is 0 Å². The number of aliphatic hydroxyl groups excluding tert-OH is 4. The van der Waals surface area contributed by atoms with E-state index in [1.165, 1.54) is 25.7 Å². The fourth-order valence-electron chi connectivity index (χ4n) is 3.91. The summed E-state index contributed by atoms with van der Waals surface area (Å²) in [4.78, 5) is 23.5. The number of unbranched alkanes of at least 4 members (excludes halogenated alkanes) is 10. The van der Waals surface area contributed by atoms with Gasteiger partial charge < -0.3 is 41.5 Å². The highest BCUT2D eigenvalue weighted by molar-refractivity contribution is 5.76. The summed E-state index contributed by atoms with van der Waals surface area (Å²) in [6.45, 7) is 0.506. The summed E-state index contributed by atoms with van der Waals surface area (Å²) in [7, 11) is 0. The highest BCUT2D eigenvalue weighted by Gasteiger charge is 2.43. The number of hydrogen-bond donors (Lipinski definition) is 7. The lowest BCUT2D eigenvalue weighted by Crippen LogP contribution is -2.63. The Kier molecular flexibility index (Phi) is 16.3. The van der Waals surface area contributed by atoms with Gasteiger partial charge in [-0.15, -0.1) is 0 Å². The number of carbonyl (C=O) groups is 2. The van der Waals surface area contributed by atoms with Gasteiger partial charge in [-0.1, -0.05) is 57.8 Å². The van der Waals surface area contributed by atoms with Crippen molar-refractivity contribution in [3.63, 3.8) is 0 Å². The van der Waals surface area contributed by atoms with Crippen LogP contribution in [-0.2, 0) is 14.3 Å². The Morgan fingerprint density at radius 2 is 1.21 bits per heavy atom. The largest absolute Gasteiger partial charge is 0.394 e. The molecule has 1 rings (SSSR count). The Bertz CT molecular complexity index is 536. The Morgan fingerprint density at radius 1 is 0.727 bits per heavy atom. The first-order chi connectivity index (χ1) is 15.9. The molecule has 0 unspecified atom stereocenters. The molecule has 0 radical (unpaired) electrons. The van der Waals surface area contributed by atoms with Gasteiger partial charge in [-0.05, 0) is 12.8 Å². The maximum atomic E-state index is 12.1. The summed E-state index contributed by atoms with van der Waals surface area (Å²) in [5.41, 5.74) is 5.35. The van der Waals surface area contributed by atoms with E-state index in [1.54, 1.807) is 0 Å². The van der Waals surface area contributed by atoms with E-state index in [9.17, 15) is 30.0 Å². The molecule has 33 heavy (non-hydrogen) atoms. The second-order valence-corrected chi connectivity index (χ2v) is 8.84. The van der Waals surface area contributed by atoms with Crippen LogP contribution in [0.1, 0.15) is 83.5 Å². The monoisotopic (exact) mass is 475 g/mol. The van der Waals surface area contributed by atoms with E-state index < -0.39 is 37.3 Å². The number of amides is 2. The Balaban J connectivity index is 1.94. The van der Waals surface area contributed by atoms with Gasteiger partial charge in [0.15, 0.2) is 6.23 Å². The molecule has 0 aliphatic carbocycles. The molecular formula is C23H45N3O7. The molecule has 1 aliphatic rings. The van der Waals surface area contributed by atoms with Gasteiger partial charge in [0.25, 0.3) is 0 Å². The SMILES string of the molecule is NCCNC(=O)CCCCCCCCCCCCCC(=O)N[C@@H]1O[C@H](CO)[C@@H](O)[C@H](O)[C@H]1O. The van der Waals surface area contributed by atoms with Crippen LogP contribution >= 0.6 is 0 Å². The van der Waals surface area contributed by atoms with Gasteiger partial charge in [0.05, 0.1) is 6.61 Å². The normalized spacial score (nSPS) is 25.1. The van der Waals surface area contributed by atoms with E-state index in [1.807, 2.05) is 0 Å². The minimum atomic E-state index is -1.49. The minimum absolute atomic E-state index is 0.0896. The van der Waals surface area contributed by atoms with Gasteiger partial charge in [-0.2, -0.15) is 0 Å². The molecule has 1 aliphatic heterocycles. The van der Waals surface area contributed by atoms with Gasteiger partial charge in [-0.3, -0.25) is 9.59 Å². The minimum Gasteiger partial charge on any atom is -0.394 e. The summed E-state index contributed by atoms with van der Waals surface area (Å²) in [6, 6.07) is 0. The lowest BCUT2D eigenvalue weighted by atomic mass is 9.98. The Labute approximate surface area is 197 Å². The van der Waals surface area contributed by atoms with E-state index in [4.69, 9.17) is 10.5 Å². The van der Waals surface area contributed by atoms with E-state index in [0.29, 0.717) is 25.9 Å². The maximum absolute atomic E-state index is 12.1. The zero-order valence-corrected chi connectivity index (χ0v) is 19.8. The first-order valence-electron chi connectivity index (χ1n) is 12.5. The van der Waals surface area contributed by atoms with E-state index >= 15 is 0 Å². The average Bonchev–Trinajstić information content (AvgIpc) is 2.80. The highest BCUT2D eigenvalue weighted by atomic mass is 16.6. The molecule has 0 aromatic heterocycles. The lowest BCUT2D eigenvalue weighted by Gasteiger charge is -2.40. The van der Waals surface area contributed by atoms with Crippen molar-refractivity contribution in [1.82, 2.24) is 10.6 Å². The van der Waals surface area contributed by atoms with Gasteiger partial charge in [0.2, 0.25) is 11.8 Å². The molecule has 0 spiro atoms. The molecule has 5 atom stereocenters. The molecule has 10 nitrogen and oxygen atoms in total. The van der Waals surface area contributed by atoms with Crippen LogP contribution in [-0.4, -0.2) is 82.6 Å². The average molecular weight is 476 g/mol. The molecule has 0 aromatic rings. The van der Waals surface area contributed by atoms with Crippen molar-refractivity contribution < 1.29 is 34.8 Å². The predicted octanol–water partition coefficient (Wildman–Crippen LogP) is 0.0487. The first kappa shape index (κ1) is 29.7. The smallest absolute Gasteiger partial charge is 0.222 e. The highest BCUT2D eigenvalue weighted by Crippen LogP contribution is 2.20. The fraction of sp³-hybridized carbons (Fsp3) is 0.913. The Morgan fingerprint density at radius 3 is 1.70 bits per heavy atom. The number of carbonyl (C=O) groups excluding carboxylic acids is 2. The number of ether oxygens (including phenoxy) is 1. The molecule has 10 heteroatoms. The second kappa shape index (κ2) is 18.1. The molecular weight excluding hydrogens is 430 g/mol. The third-order valence-electron chi connectivity index (χ3n) is 5.97. The number of nitrogens with two attached hydrogens (primary N) is 1. The summed E-state index contributed by atoms with van der Waals surface area (Å²) < 4.78 is 5.28. The van der Waals surface area contributed by atoms with E-state index in [-0.39, 0.29) is 11.8 Å². The van der Waals surface area contributed by atoms with E-state index in [0.717, 1.165) is 44.9 Å². The third-order valence-corrected chi connectivity index (χ3v) is 5.97. The van der Waals surface area contributed by atoms with Crippen LogP contribution in [0, 0.1) is 0 Å². The van der Waals surface area contributed by atoms with Crippen LogP contribution in [0.25, 0.3) is 0 Å². The van der Waals surface area contributed by atoms with Crippen LogP contribution in [0.2, 0.25) is 0 Å². The quantitative estimate of drug-likeness (QED) is 0.136. The molecule has 0 saturated carbocycles. The summed E-state index contributed by atoms with van der Waals surface area (Å²) in [5, 5.41) is 43.9. The van der Waals surface area contributed by atoms with Gasteiger partial charge in [0, 0.05) is 25.9 Å². The molecule has 1 heterocycles. The Hall–Kier alpha value is -1.30. The van der Waals surface area contributed by atoms with Gasteiger partial charge >= 0.3 is 0 Å². The van der Waals surface area contributed by atoms with Gasteiger partial charge in [0.1, 0.15) is 24.4 Å². The number of hydrogen-bond acceptors (Lipinski definition) is 8. The summed E-state index contributed by atoms with van der Waals surface area (Å²) in [6.07, 6.45) is 6.14. The summed E-state index contributed by atoms with van der Waals surface area (Å²) in [5.74, 6) is -0.206. The lowest BCUT2D eigenvalue weighted by molar-refractivity contribution is -0.236. The van der Waals surface area contributed by atoms with Crippen molar-refractivity contribution in [2.24, 2.45) is 5.73 Å². The first-order valence-corrected chi connectivity index (χ1v) is 12.5. The van der Waals surface area contributed by atoms with Crippen LogP contribution < -0.4 is 16.4 Å². The molecule has 1 saturated heterocycles. The molecule has 1 fully saturated rings. The predicted molar refractivity (Wildman–Crippen MR) is 124 cm³/mol. The molecule has 0 bridgehead atoms. The van der Waals surface area contributed by atoms with Crippen LogP contribution in [0.15, 0.2) is 0 Å². The molecule has 194 valence electrons. The second-order valence-electron chi connectivity index (χ2n) is 8.84. The van der Waals surface area contributed by atoms with Crippen molar-refractivity contribution in [3.8, 4) is 0 Å². The van der Waals surface area contributed by atoms with Crippen molar-refractivity contribution in [3.05, 3.63) is 0 Å².